The summed E-state index contributed by atoms with van der Waals surface area (Å²) in [6.45, 7) is 8.93. The van der Waals surface area contributed by atoms with Crippen molar-refractivity contribution in [3.8, 4) is 0 Å². The molecular formula is C18H29N5. The summed E-state index contributed by atoms with van der Waals surface area (Å²) in [5.41, 5.74) is 2.32. The van der Waals surface area contributed by atoms with E-state index in [2.05, 4.69) is 38.1 Å². The average Bonchev–Trinajstić information content (AvgIpc) is 3.22. The van der Waals surface area contributed by atoms with E-state index in [1.54, 1.807) is 0 Å². The number of aryl methyl sites for hydroxylation is 1. The number of rotatable bonds is 4. The molecule has 1 aromatic rings. The van der Waals surface area contributed by atoms with Crippen molar-refractivity contribution in [3.05, 3.63) is 29.6 Å². The maximum atomic E-state index is 4.47. The Morgan fingerprint density at radius 1 is 1.35 bits per heavy atom. The second kappa shape index (κ2) is 7.77. The third kappa shape index (κ3) is 4.22. The highest BCUT2D eigenvalue weighted by molar-refractivity contribution is 5.80. The Balaban J connectivity index is 1.50. The fourth-order valence-corrected chi connectivity index (χ4v) is 3.70. The number of hydrogen-bond donors (Lipinski definition) is 1. The standard InChI is InChI=1S/C18H29N5/c1-15-6-5-8-20-17(15)12-21-18(19-2)23-11-7-16(14-23)13-22-9-3-4-10-22/h5-6,8,16H,3-4,7,9-14H2,1-2H3,(H,19,21). The van der Waals surface area contributed by atoms with E-state index in [1.807, 2.05) is 19.3 Å². The number of guanidine groups is 1. The quantitative estimate of drug-likeness (QED) is 0.681. The first-order valence-electron chi connectivity index (χ1n) is 8.84. The molecule has 2 aliphatic rings. The predicted octanol–water partition coefficient (Wildman–Crippen LogP) is 1.88. The van der Waals surface area contributed by atoms with Gasteiger partial charge in [0.15, 0.2) is 5.96 Å². The van der Waals surface area contributed by atoms with Crippen LogP contribution >= 0.6 is 0 Å². The molecule has 5 nitrogen and oxygen atoms in total. The first kappa shape index (κ1) is 16.2. The van der Waals surface area contributed by atoms with Gasteiger partial charge in [0, 0.05) is 32.9 Å². The maximum absolute atomic E-state index is 4.47. The van der Waals surface area contributed by atoms with Crippen LogP contribution in [0.15, 0.2) is 23.3 Å². The third-order valence-corrected chi connectivity index (χ3v) is 5.04. The van der Waals surface area contributed by atoms with Gasteiger partial charge in [0.1, 0.15) is 0 Å². The van der Waals surface area contributed by atoms with Gasteiger partial charge in [-0.05, 0) is 56.8 Å². The molecule has 1 aromatic heterocycles. The van der Waals surface area contributed by atoms with Gasteiger partial charge in [-0.1, -0.05) is 6.07 Å². The minimum absolute atomic E-state index is 0.743. The summed E-state index contributed by atoms with van der Waals surface area (Å²) in [6.07, 6.45) is 5.89. The highest BCUT2D eigenvalue weighted by Gasteiger charge is 2.27. The zero-order valence-corrected chi connectivity index (χ0v) is 14.5. The van der Waals surface area contributed by atoms with Crippen molar-refractivity contribution in [1.82, 2.24) is 20.1 Å². The Morgan fingerprint density at radius 2 is 2.17 bits per heavy atom. The lowest BCUT2D eigenvalue weighted by molar-refractivity contribution is 0.281. The molecule has 1 unspecified atom stereocenters. The average molecular weight is 315 g/mol. The highest BCUT2D eigenvalue weighted by atomic mass is 15.3. The minimum atomic E-state index is 0.743. The Hall–Kier alpha value is -1.62. The molecule has 0 aromatic carbocycles. The van der Waals surface area contributed by atoms with Crippen molar-refractivity contribution >= 4 is 5.96 Å². The zero-order chi connectivity index (χ0) is 16.1. The van der Waals surface area contributed by atoms with E-state index in [4.69, 9.17) is 0 Å². The molecule has 1 N–H and O–H groups in total. The SMILES string of the molecule is CN=C(NCc1ncccc1C)N1CCC(CN2CCCC2)C1. The van der Waals surface area contributed by atoms with Crippen LogP contribution in [-0.4, -0.2) is 60.5 Å². The first-order valence-corrected chi connectivity index (χ1v) is 8.84. The van der Waals surface area contributed by atoms with Crippen molar-refractivity contribution in [2.24, 2.45) is 10.9 Å². The van der Waals surface area contributed by atoms with E-state index in [-0.39, 0.29) is 0 Å². The molecular weight excluding hydrogens is 286 g/mol. The Morgan fingerprint density at radius 3 is 2.91 bits per heavy atom. The van der Waals surface area contributed by atoms with E-state index >= 15 is 0 Å². The number of likely N-dealkylation sites (tertiary alicyclic amines) is 2. The van der Waals surface area contributed by atoms with Crippen molar-refractivity contribution in [1.29, 1.82) is 0 Å². The van der Waals surface area contributed by atoms with Crippen LogP contribution in [-0.2, 0) is 6.54 Å². The van der Waals surface area contributed by atoms with Crippen LogP contribution in [0.25, 0.3) is 0 Å². The molecule has 3 heterocycles. The number of hydrogen-bond acceptors (Lipinski definition) is 3. The molecule has 1 atom stereocenters. The van der Waals surface area contributed by atoms with Gasteiger partial charge in [-0.3, -0.25) is 9.98 Å². The molecule has 0 bridgehead atoms. The summed E-state index contributed by atoms with van der Waals surface area (Å²) < 4.78 is 0. The van der Waals surface area contributed by atoms with E-state index in [1.165, 1.54) is 44.5 Å². The van der Waals surface area contributed by atoms with E-state index in [9.17, 15) is 0 Å². The molecule has 0 saturated carbocycles. The lowest BCUT2D eigenvalue weighted by Crippen LogP contribution is -2.40. The first-order chi connectivity index (χ1) is 11.3. The largest absolute Gasteiger partial charge is 0.351 e. The highest BCUT2D eigenvalue weighted by Crippen LogP contribution is 2.20. The van der Waals surface area contributed by atoms with Crippen LogP contribution in [0, 0.1) is 12.8 Å². The van der Waals surface area contributed by atoms with Gasteiger partial charge in [-0.25, -0.2) is 0 Å². The molecule has 0 spiro atoms. The lowest BCUT2D eigenvalue weighted by atomic mass is 10.1. The monoisotopic (exact) mass is 315 g/mol. The van der Waals surface area contributed by atoms with Gasteiger partial charge < -0.3 is 15.1 Å². The predicted molar refractivity (Wildman–Crippen MR) is 94.5 cm³/mol. The van der Waals surface area contributed by atoms with Gasteiger partial charge >= 0.3 is 0 Å². The normalized spacial score (nSPS) is 22.8. The van der Waals surface area contributed by atoms with Crippen molar-refractivity contribution in [3.63, 3.8) is 0 Å². The second-order valence-corrected chi connectivity index (χ2v) is 6.78. The van der Waals surface area contributed by atoms with Crippen LogP contribution in [0.2, 0.25) is 0 Å². The molecule has 0 amide bonds. The molecule has 126 valence electrons. The second-order valence-electron chi connectivity index (χ2n) is 6.78. The fraction of sp³-hybridized carbons (Fsp3) is 0.667. The van der Waals surface area contributed by atoms with Gasteiger partial charge in [0.2, 0.25) is 0 Å². The number of aromatic nitrogens is 1. The molecule has 23 heavy (non-hydrogen) atoms. The molecule has 0 radical (unpaired) electrons. The minimum Gasteiger partial charge on any atom is -0.351 e. The lowest BCUT2D eigenvalue weighted by Gasteiger charge is -2.23. The van der Waals surface area contributed by atoms with Gasteiger partial charge in [-0.2, -0.15) is 0 Å². The zero-order valence-electron chi connectivity index (χ0n) is 14.5. The molecule has 2 aliphatic heterocycles. The smallest absolute Gasteiger partial charge is 0.193 e. The van der Waals surface area contributed by atoms with Crippen molar-refractivity contribution in [2.75, 3.05) is 39.8 Å². The number of aliphatic imine (C=N–C) groups is 1. The third-order valence-electron chi connectivity index (χ3n) is 5.04. The molecule has 5 heteroatoms. The van der Waals surface area contributed by atoms with Crippen LogP contribution < -0.4 is 5.32 Å². The Kier molecular flexibility index (Phi) is 5.49. The number of pyridine rings is 1. The maximum Gasteiger partial charge on any atom is 0.193 e. The van der Waals surface area contributed by atoms with Crippen LogP contribution in [0.1, 0.15) is 30.5 Å². The van der Waals surface area contributed by atoms with E-state index in [0.29, 0.717) is 0 Å². The summed E-state index contributed by atoms with van der Waals surface area (Å²) >= 11 is 0. The Bertz CT molecular complexity index is 536. The fourth-order valence-electron chi connectivity index (χ4n) is 3.70. The van der Waals surface area contributed by atoms with Crippen LogP contribution in [0.5, 0.6) is 0 Å². The van der Waals surface area contributed by atoms with Gasteiger partial charge in [0.05, 0.1) is 12.2 Å². The van der Waals surface area contributed by atoms with E-state index in [0.717, 1.165) is 37.2 Å². The van der Waals surface area contributed by atoms with Gasteiger partial charge in [-0.15, -0.1) is 0 Å². The molecule has 2 fully saturated rings. The number of nitrogens with one attached hydrogen (secondary N) is 1. The van der Waals surface area contributed by atoms with Crippen molar-refractivity contribution in [2.45, 2.75) is 32.7 Å². The van der Waals surface area contributed by atoms with Crippen LogP contribution in [0.4, 0.5) is 0 Å². The summed E-state index contributed by atoms with van der Waals surface area (Å²) in [5, 5.41) is 3.48. The van der Waals surface area contributed by atoms with Crippen molar-refractivity contribution < 1.29 is 0 Å². The summed E-state index contributed by atoms with van der Waals surface area (Å²) in [4.78, 5) is 14.0. The number of nitrogens with zero attached hydrogens (tertiary/aromatic N) is 4. The van der Waals surface area contributed by atoms with E-state index < -0.39 is 0 Å². The molecule has 3 rings (SSSR count). The summed E-state index contributed by atoms with van der Waals surface area (Å²) in [5.74, 6) is 1.79. The Labute approximate surface area is 139 Å². The van der Waals surface area contributed by atoms with Gasteiger partial charge in [0.25, 0.3) is 0 Å². The van der Waals surface area contributed by atoms with Crippen LogP contribution in [0.3, 0.4) is 0 Å². The molecule has 0 aliphatic carbocycles. The summed E-state index contributed by atoms with van der Waals surface area (Å²) in [7, 11) is 1.88. The molecule has 2 saturated heterocycles. The summed E-state index contributed by atoms with van der Waals surface area (Å²) in [6, 6.07) is 4.09. The topological polar surface area (TPSA) is 43.8 Å².